The number of aliphatic carboxylic acids is 1. The highest BCUT2D eigenvalue weighted by Gasteiger charge is 2.34. The van der Waals surface area contributed by atoms with E-state index in [-0.39, 0.29) is 22.6 Å². The maximum atomic E-state index is 14.5. The fourth-order valence-corrected chi connectivity index (χ4v) is 3.21. The number of H-pyrrole nitrogens is 1. The highest BCUT2D eigenvalue weighted by molar-refractivity contribution is 6.29. The van der Waals surface area contributed by atoms with Gasteiger partial charge < -0.3 is 20.7 Å². The van der Waals surface area contributed by atoms with E-state index in [1.807, 2.05) is 0 Å². The number of nitrogen functional groups attached to an aromatic ring is 1. The average molecular weight is 378 g/mol. The molecule has 0 unspecified atom stereocenters. The van der Waals surface area contributed by atoms with Crippen LogP contribution < -0.4 is 10.6 Å². The summed E-state index contributed by atoms with van der Waals surface area (Å²) in [7, 11) is 0. The molecule has 1 saturated heterocycles. The number of carboxylic acid groups (broad SMARTS) is 1. The molecular weight excluding hydrogens is 365 g/mol. The third kappa shape index (κ3) is 2.58. The summed E-state index contributed by atoms with van der Waals surface area (Å²) < 4.78 is 14.5. The molecule has 3 aromatic heterocycles. The Labute approximate surface area is 151 Å². The van der Waals surface area contributed by atoms with Gasteiger partial charge in [-0.15, -0.1) is 0 Å². The molecule has 3 aromatic rings. The molecular formula is C15H13ClFN7O2. The van der Waals surface area contributed by atoms with Crippen LogP contribution in [0.4, 0.5) is 16.0 Å². The molecule has 4 rings (SSSR count). The highest BCUT2D eigenvalue weighted by Crippen LogP contribution is 2.32. The van der Waals surface area contributed by atoms with E-state index < -0.39 is 17.8 Å². The van der Waals surface area contributed by atoms with Crippen LogP contribution >= 0.6 is 11.6 Å². The molecule has 26 heavy (non-hydrogen) atoms. The summed E-state index contributed by atoms with van der Waals surface area (Å²) in [5, 5.41) is 9.53. The van der Waals surface area contributed by atoms with E-state index in [0.29, 0.717) is 36.1 Å². The van der Waals surface area contributed by atoms with Crippen LogP contribution in [0.15, 0.2) is 12.4 Å². The summed E-state index contributed by atoms with van der Waals surface area (Å²) in [5.74, 6) is -2.28. The molecule has 9 nitrogen and oxygen atoms in total. The lowest BCUT2D eigenvalue weighted by atomic mass is 10.2. The molecule has 1 fully saturated rings. The summed E-state index contributed by atoms with van der Waals surface area (Å²) in [4.78, 5) is 32.2. The first kappa shape index (κ1) is 16.5. The third-order valence-corrected chi connectivity index (χ3v) is 4.44. The van der Waals surface area contributed by atoms with Gasteiger partial charge in [-0.3, -0.25) is 0 Å². The number of fused-ring (bicyclic) bond motifs is 1. The van der Waals surface area contributed by atoms with Crippen molar-refractivity contribution >= 4 is 40.4 Å². The van der Waals surface area contributed by atoms with Crippen LogP contribution in [0.5, 0.6) is 0 Å². The van der Waals surface area contributed by atoms with Crippen molar-refractivity contribution in [2.45, 2.75) is 18.9 Å². The Morgan fingerprint density at radius 2 is 2.23 bits per heavy atom. The predicted molar refractivity (Wildman–Crippen MR) is 92.3 cm³/mol. The summed E-state index contributed by atoms with van der Waals surface area (Å²) in [5.41, 5.74) is 7.03. The largest absolute Gasteiger partial charge is 0.480 e. The van der Waals surface area contributed by atoms with Crippen LogP contribution in [0.3, 0.4) is 0 Å². The monoisotopic (exact) mass is 377 g/mol. The van der Waals surface area contributed by atoms with Gasteiger partial charge in [0.1, 0.15) is 16.7 Å². The topological polar surface area (TPSA) is 134 Å². The van der Waals surface area contributed by atoms with Gasteiger partial charge in [0.05, 0.1) is 11.8 Å². The number of carboxylic acids is 1. The van der Waals surface area contributed by atoms with Crippen molar-refractivity contribution in [1.29, 1.82) is 0 Å². The van der Waals surface area contributed by atoms with Crippen molar-refractivity contribution < 1.29 is 14.3 Å². The predicted octanol–water partition coefficient (Wildman–Crippen LogP) is 1.84. The van der Waals surface area contributed by atoms with E-state index in [0.717, 1.165) is 0 Å². The molecule has 0 aliphatic carbocycles. The molecule has 11 heteroatoms. The molecule has 1 aliphatic heterocycles. The van der Waals surface area contributed by atoms with Gasteiger partial charge in [-0.1, -0.05) is 11.6 Å². The lowest BCUT2D eigenvalue weighted by Gasteiger charge is -2.23. The van der Waals surface area contributed by atoms with Crippen molar-refractivity contribution in [1.82, 2.24) is 24.9 Å². The Hall–Kier alpha value is -3.01. The fourth-order valence-electron chi connectivity index (χ4n) is 3.08. The van der Waals surface area contributed by atoms with Crippen molar-refractivity contribution in [3.8, 4) is 11.4 Å². The zero-order valence-electron chi connectivity index (χ0n) is 13.3. The van der Waals surface area contributed by atoms with E-state index in [2.05, 4.69) is 24.9 Å². The molecule has 0 amide bonds. The Kier molecular flexibility index (Phi) is 3.83. The number of aromatic nitrogens is 5. The normalized spacial score (nSPS) is 17.2. The minimum atomic E-state index is -1.04. The van der Waals surface area contributed by atoms with Gasteiger partial charge in [-0.25, -0.2) is 24.7 Å². The van der Waals surface area contributed by atoms with Gasteiger partial charge in [0.25, 0.3) is 0 Å². The fraction of sp³-hybridized carbons (Fsp3) is 0.267. The molecule has 0 saturated carbocycles. The molecule has 1 atom stereocenters. The molecule has 134 valence electrons. The second-order valence-electron chi connectivity index (χ2n) is 5.85. The number of nitrogens with two attached hydrogens (primary N) is 1. The SMILES string of the molecule is Nc1nc(-c2c[nH]c3ncc(Cl)nc23)nc(N2CCC[C@H]2C(=O)O)c1F. The molecule has 0 spiro atoms. The molecule has 1 aliphatic rings. The highest BCUT2D eigenvalue weighted by atomic mass is 35.5. The lowest BCUT2D eigenvalue weighted by molar-refractivity contribution is -0.138. The number of nitrogens with zero attached hydrogens (tertiary/aromatic N) is 5. The zero-order valence-corrected chi connectivity index (χ0v) is 14.0. The van der Waals surface area contributed by atoms with Gasteiger partial charge in [0.2, 0.25) is 5.82 Å². The minimum Gasteiger partial charge on any atom is -0.480 e. The lowest BCUT2D eigenvalue weighted by Crippen LogP contribution is -2.37. The second-order valence-corrected chi connectivity index (χ2v) is 6.24. The number of aromatic amines is 1. The maximum Gasteiger partial charge on any atom is 0.326 e. The van der Waals surface area contributed by atoms with Gasteiger partial charge in [-0.05, 0) is 12.8 Å². The number of carbonyl (C=O) groups is 1. The molecule has 0 bridgehead atoms. The first-order valence-electron chi connectivity index (χ1n) is 7.78. The van der Waals surface area contributed by atoms with E-state index in [1.165, 1.54) is 11.1 Å². The quantitative estimate of drug-likeness (QED) is 0.629. The third-order valence-electron chi connectivity index (χ3n) is 4.26. The first-order valence-corrected chi connectivity index (χ1v) is 8.16. The summed E-state index contributed by atoms with van der Waals surface area (Å²) in [6, 6.07) is -0.858. The van der Waals surface area contributed by atoms with Crippen LogP contribution in [0.1, 0.15) is 12.8 Å². The van der Waals surface area contributed by atoms with Gasteiger partial charge in [0, 0.05) is 12.7 Å². The van der Waals surface area contributed by atoms with Crippen LogP contribution in [-0.4, -0.2) is 48.6 Å². The van der Waals surface area contributed by atoms with Crippen molar-refractivity contribution in [3.05, 3.63) is 23.4 Å². The summed E-state index contributed by atoms with van der Waals surface area (Å²) in [6.07, 6.45) is 3.97. The van der Waals surface area contributed by atoms with Gasteiger partial charge >= 0.3 is 5.97 Å². The smallest absolute Gasteiger partial charge is 0.326 e. The van der Waals surface area contributed by atoms with Crippen molar-refractivity contribution in [3.63, 3.8) is 0 Å². The van der Waals surface area contributed by atoms with Crippen LogP contribution in [-0.2, 0) is 4.79 Å². The molecule has 4 N–H and O–H groups in total. The van der Waals surface area contributed by atoms with Crippen LogP contribution in [0, 0.1) is 5.82 Å². The van der Waals surface area contributed by atoms with E-state index in [1.54, 1.807) is 6.20 Å². The Morgan fingerprint density at radius 3 is 3.00 bits per heavy atom. The standard InChI is InChI=1S/C15H13ClFN7O2/c16-8-5-20-13-10(21-8)6(4-19-13)12-22-11(18)9(17)14(23-12)24-3-1-2-7(24)15(25)26/h4-5,7H,1-3H2,(H,19,20)(H,25,26)(H2,18,22,23)/t7-/m0/s1. The molecule has 0 aromatic carbocycles. The Morgan fingerprint density at radius 1 is 1.42 bits per heavy atom. The number of anilines is 2. The van der Waals surface area contributed by atoms with E-state index in [9.17, 15) is 14.3 Å². The minimum absolute atomic E-state index is 0.109. The van der Waals surface area contributed by atoms with Crippen molar-refractivity contribution in [2.24, 2.45) is 0 Å². The van der Waals surface area contributed by atoms with Gasteiger partial charge in [0.15, 0.2) is 23.1 Å². The van der Waals surface area contributed by atoms with E-state index in [4.69, 9.17) is 17.3 Å². The maximum absolute atomic E-state index is 14.5. The van der Waals surface area contributed by atoms with Crippen LogP contribution in [0.2, 0.25) is 5.15 Å². The Bertz CT molecular complexity index is 1020. The molecule has 0 radical (unpaired) electrons. The summed E-state index contributed by atoms with van der Waals surface area (Å²) in [6.45, 7) is 0.364. The Balaban J connectivity index is 1.87. The first-order chi connectivity index (χ1) is 12.5. The van der Waals surface area contributed by atoms with Crippen molar-refractivity contribution in [2.75, 3.05) is 17.2 Å². The zero-order chi connectivity index (χ0) is 18.4. The van der Waals surface area contributed by atoms with E-state index >= 15 is 0 Å². The number of halogens is 2. The van der Waals surface area contributed by atoms with Crippen LogP contribution in [0.25, 0.3) is 22.6 Å². The number of hydrogen-bond donors (Lipinski definition) is 3. The number of hydrogen-bond acceptors (Lipinski definition) is 7. The number of rotatable bonds is 3. The molecule has 4 heterocycles. The second kappa shape index (κ2) is 6.06. The van der Waals surface area contributed by atoms with Gasteiger partial charge in [-0.2, -0.15) is 4.39 Å². The summed E-state index contributed by atoms with van der Waals surface area (Å²) >= 11 is 5.89. The average Bonchev–Trinajstić information content (AvgIpc) is 3.23. The number of nitrogens with one attached hydrogen (secondary N) is 1.